The van der Waals surface area contributed by atoms with Gasteiger partial charge in [-0.2, -0.15) is 0 Å². The smallest absolute Gasteiger partial charge is 0.270 e. The number of nitrogens with one attached hydrogen (secondary N) is 2. The lowest BCUT2D eigenvalue weighted by Gasteiger charge is -2.11. The first-order chi connectivity index (χ1) is 14.2. The van der Waals surface area contributed by atoms with Crippen molar-refractivity contribution in [3.05, 3.63) is 77.9 Å². The van der Waals surface area contributed by atoms with E-state index in [2.05, 4.69) is 20.6 Å². The SMILES string of the molecule is COc1ccc(CCNc2ccnc(C(=O)NCc3ccccn3)c2)cc1OC. The molecule has 0 saturated carbocycles. The largest absolute Gasteiger partial charge is 0.493 e. The zero-order chi connectivity index (χ0) is 20.5. The van der Waals surface area contributed by atoms with Gasteiger partial charge in [0.1, 0.15) is 5.69 Å². The van der Waals surface area contributed by atoms with Crippen molar-refractivity contribution in [2.24, 2.45) is 0 Å². The molecule has 1 aromatic carbocycles. The number of methoxy groups -OCH3 is 2. The number of hydrogen-bond donors (Lipinski definition) is 2. The first-order valence-electron chi connectivity index (χ1n) is 9.28. The lowest BCUT2D eigenvalue weighted by molar-refractivity contribution is 0.0945. The minimum atomic E-state index is -0.237. The Hall–Kier alpha value is -3.61. The summed E-state index contributed by atoms with van der Waals surface area (Å²) in [5.74, 6) is 1.18. The molecule has 0 radical (unpaired) electrons. The van der Waals surface area contributed by atoms with Crippen LogP contribution in [0, 0.1) is 0 Å². The summed E-state index contributed by atoms with van der Waals surface area (Å²) in [6.07, 6.45) is 4.11. The highest BCUT2D eigenvalue weighted by Gasteiger charge is 2.08. The first-order valence-corrected chi connectivity index (χ1v) is 9.28. The van der Waals surface area contributed by atoms with E-state index in [1.165, 1.54) is 0 Å². The van der Waals surface area contributed by atoms with Crippen molar-refractivity contribution in [2.75, 3.05) is 26.1 Å². The standard InChI is InChI=1S/C22H24N4O3/c1-28-20-7-6-16(13-21(20)29-2)8-11-24-17-9-12-25-19(14-17)22(27)26-15-18-5-3-4-10-23-18/h3-7,9-10,12-14H,8,11,15H2,1-2H3,(H,24,25)(H,26,27). The van der Waals surface area contributed by atoms with E-state index in [1.807, 2.05) is 42.5 Å². The van der Waals surface area contributed by atoms with Crippen molar-refractivity contribution in [3.8, 4) is 11.5 Å². The van der Waals surface area contributed by atoms with E-state index < -0.39 is 0 Å². The molecule has 0 bridgehead atoms. The second kappa shape index (κ2) is 10.1. The van der Waals surface area contributed by atoms with Gasteiger partial charge in [0.25, 0.3) is 5.91 Å². The molecule has 7 nitrogen and oxygen atoms in total. The van der Waals surface area contributed by atoms with Gasteiger partial charge < -0.3 is 20.1 Å². The summed E-state index contributed by atoms with van der Waals surface area (Å²) in [7, 11) is 3.24. The summed E-state index contributed by atoms with van der Waals surface area (Å²) >= 11 is 0. The lowest BCUT2D eigenvalue weighted by atomic mass is 10.1. The maximum atomic E-state index is 12.3. The van der Waals surface area contributed by atoms with Crippen molar-refractivity contribution in [2.45, 2.75) is 13.0 Å². The lowest BCUT2D eigenvalue weighted by Crippen LogP contribution is -2.24. The van der Waals surface area contributed by atoms with Crippen LogP contribution >= 0.6 is 0 Å². The molecular formula is C22H24N4O3. The van der Waals surface area contributed by atoms with Crippen molar-refractivity contribution < 1.29 is 14.3 Å². The third-order valence-corrected chi connectivity index (χ3v) is 4.34. The fraction of sp³-hybridized carbons (Fsp3) is 0.227. The second-order valence-electron chi connectivity index (χ2n) is 6.30. The van der Waals surface area contributed by atoms with Crippen molar-refractivity contribution in [3.63, 3.8) is 0 Å². The number of aromatic nitrogens is 2. The molecule has 1 amide bonds. The highest BCUT2D eigenvalue weighted by molar-refractivity contribution is 5.93. The molecule has 29 heavy (non-hydrogen) atoms. The number of pyridine rings is 2. The summed E-state index contributed by atoms with van der Waals surface area (Å²) < 4.78 is 10.6. The van der Waals surface area contributed by atoms with E-state index >= 15 is 0 Å². The van der Waals surface area contributed by atoms with Gasteiger partial charge in [-0.05, 0) is 48.4 Å². The van der Waals surface area contributed by atoms with Gasteiger partial charge in [0, 0.05) is 24.6 Å². The average Bonchev–Trinajstić information content (AvgIpc) is 2.78. The number of carbonyl (C=O) groups is 1. The van der Waals surface area contributed by atoms with Crippen LogP contribution in [-0.2, 0) is 13.0 Å². The van der Waals surface area contributed by atoms with Crippen molar-refractivity contribution >= 4 is 11.6 Å². The van der Waals surface area contributed by atoms with E-state index in [1.54, 1.807) is 32.7 Å². The molecule has 7 heteroatoms. The fourth-order valence-electron chi connectivity index (χ4n) is 2.82. The Morgan fingerprint density at radius 1 is 0.966 bits per heavy atom. The molecule has 3 rings (SSSR count). The summed E-state index contributed by atoms with van der Waals surface area (Å²) in [6.45, 7) is 1.06. The van der Waals surface area contributed by atoms with Crippen LogP contribution in [0.1, 0.15) is 21.7 Å². The van der Waals surface area contributed by atoms with Gasteiger partial charge in [-0.1, -0.05) is 12.1 Å². The maximum Gasteiger partial charge on any atom is 0.270 e. The molecule has 150 valence electrons. The van der Waals surface area contributed by atoms with Gasteiger partial charge in [0.05, 0.1) is 26.5 Å². The van der Waals surface area contributed by atoms with Crippen LogP contribution < -0.4 is 20.1 Å². The van der Waals surface area contributed by atoms with Crippen LogP contribution in [0.3, 0.4) is 0 Å². The second-order valence-corrected chi connectivity index (χ2v) is 6.30. The third-order valence-electron chi connectivity index (χ3n) is 4.34. The molecule has 0 unspecified atom stereocenters. The summed E-state index contributed by atoms with van der Waals surface area (Å²) in [5.41, 5.74) is 3.11. The number of anilines is 1. The molecule has 0 aliphatic heterocycles. The number of rotatable bonds is 9. The third kappa shape index (κ3) is 5.68. The van der Waals surface area contributed by atoms with Crippen LogP contribution in [0.25, 0.3) is 0 Å². The summed E-state index contributed by atoms with van der Waals surface area (Å²) in [4.78, 5) is 20.7. The molecular weight excluding hydrogens is 368 g/mol. The molecule has 3 aromatic rings. The minimum absolute atomic E-state index is 0.237. The predicted octanol–water partition coefficient (Wildman–Crippen LogP) is 3.08. The van der Waals surface area contributed by atoms with Gasteiger partial charge in [0.2, 0.25) is 0 Å². The normalized spacial score (nSPS) is 10.3. The van der Waals surface area contributed by atoms with Crippen LogP contribution in [0.4, 0.5) is 5.69 Å². The number of benzene rings is 1. The topological polar surface area (TPSA) is 85.4 Å². The van der Waals surface area contributed by atoms with Crippen LogP contribution in [0.15, 0.2) is 60.9 Å². The van der Waals surface area contributed by atoms with Gasteiger partial charge in [-0.25, -0.2) is 0 Å². The Morgan fingerprint density at radius 2 is 1.83 bits per heavy atom. The quantitative estimate of drug-likeness (QED) is 0.582. The number of hydrogen-bond acceptors (Lipinski definition) is 6. The van der Waals surface area contributed by atoms with E-state index in [9.17, 15) is 4.79 Å². The van der Waals surface area contributed by atoms with Crippen LogP contribution in [-0.4, -0.2) is 36.6 Å². The molecule has 2 aromatic heterocycles. The van der Waals surface area contributed by atoms with Gasteiger partial charge in [-0.3, -0.25) is 14.8 Å². The van der Waals surface area contributed by atoms with E-state index in [-0.39, 0.29) is 5.91 Å². The Labute approximate surface area is 170 Å². The molecule has 2 N–H and O–H groups in total. The molecule has 2 heterocycles. The zero-order valence-electron chi connectivity index (χ0n) is 16.5. The Kier molecular flexibility index (Phi) is 7.00. The number of nitrogens with zero attached hydrogens (tertiary/aromatic N) is 2. The van der Waals surface area contributed by atoms with Gasteiger partial charge in [0.15, 0.2) is 11.5 Å². The summed E-state index contributed by atoms with van der Waals surface area (Å²) in [5, 5.41) is 6.15. The Balaban J connectivity index is 1.54. The highest BCUT2D eigenvalue weighted by Crippen LogP contribution is 2.27. The van der Waals surface area contributed by atoms with Crippen LogP contribution in [0.2, 0.25) is 0 Å². The van der Waals surface area contributed by atoms with E-state index in [0.717, 1.165) is 23.4 Å². The number of ether oxygens (including phenoxy) is 2. The molecule has 0 atom stereocenters. The monoisotopic (exact) mass is 392 g/mol. The molecule has 0 fully saturated rings. The van der Waals surface area contributed by atoms with Crippen LogP contribution in [0.5, 0.6) is 11.5 Å². The molecule has 0 aliphatic carbocycles. The first kappa shape index (κ1) is 20.1. The van der Waals surface area contributed by atoms with Crippen molar-refractivity contribution in [1.82, 2.24) is 15.3 Å². The zero-order valence-corrected chi connectivity index (χ0v) is 16.5. The highest BCUT2D eigenvalue weighted by atomic mass is 16.5. The fourth-order valence-corrected chi connectivity index (χ4v) is 2.82. The predicted molar refractivity (Wildman–Crippen MR) is 111 cm³/mol. The number of carbonyl (C=O) groups excluding carboxylic acids is 1. The molecule has 0 spiro atoms. The Bertz CT molecular complexity index is 948. The summed E-state index contributed by atoms with van der Waals surface area (Å²) in [6, 6.07) is 15.0. The van der Waals surface area contributed by atoms with Gasteiger partial charge >= 0.3 is 0 Å². The van der Waals surface area contributed by atoms with Gasteiger partial charge in [-0.15, -0.1) is 0 Å². The van der Waals surface area contributed by atoms with E-state index in [0.29, 0.717) is 30.3 Å². The molecule has 0 aliphatic rings. The van der Waals surface area contributed by atoms with E-state index in [4.69, 9.17) is 9.47 Å². The minimum Gasteiger partial charge on any atom is -0.493 e. The van der Waals surface area contributed by atoms with Crippen molar-refractivity contribution in [1.29, 1.82) is 0 Å². The number of amides is 1. The average molecular weight is 392 g/mol. The Morgan fingerprint density at radius 3 is 2.59 bits per heavy atom. The molecule has 0 saturated heterocycles. The maximum absolute atomic E-state index is 12.3.